The summed E-state index contributed by atoms with van der Waals surface area (Å²) < 4.78 is 1.88. The minimum atomic E-state index is -0.753. The van der Waals surface area contributed by atoms with Crippen LogP contribution in [0.25, 0.3) is 0 Å². The molecule has 8 heteroatoms. The van der Waals surface area contributed by atoms with E-state index in [1.54, 1.807) is 11.1 Å². The summed E-state index contributed by atoms with van der Waals surface area (Å²) in [7, 11) is 0. The highest BCUT2D eigenvalue weighted by atomic mass is 16.2. The van der Waals surface area contributed by atoms with Crippen LogP contribution in [0.15, 0.2) is 18.5 Å². The fourth-order valence-electron chi connectivity index (χ4n) is 4.27. The third-order valence-corrected chi connectivity index (χ3v) is 5.64. The maximum atomic E-state index is 12.7. The fourth-order valence-corrected chi connectivity index (χ4v) is 4.27. The average Bonchev–Trinajstić information content (AvgIpc) is 3.34. The van der Waals surface area contributed by atoms with Crippen LogP contribution in [0, 0.1) is 0 Å². The number of amides is 4. The fraction of sp³-hybridized carbons (Fsp3) is 0.647. The predicted molar refractivity (Wildman–Crippen MR) is 88.5 cm³/mol. The SMILES string of the molecule is O=C(CN1C(=O)NC2(CCCC2)C1=O)N1CCC[C@H](n2cccn2)C1. The Balaban J connectivity index is 1.41. The second-order valence-electron chi connectivity index (χ2n) is 7.23. The van der Waals surface area contributed by atoms with Gasteiger partial charge in [0.1, 0.15) is 12.1 Å². The van der Waals surface area contributed by atoms with Gasteiger partial charge in [0.05, 0.1) is 6.04 Å². The van der Waals surface area contributed by atoms with Crippen molar-refractivity contribution in [2.24, 2.45) is 0 Å². The first-order chi connectivity index (χ1) is 12.1. The smallest absolute Gasteiger partial charge is 0.325 e. The lowest BCUT2D eigenvalue weighted by Crippen LogP contribution is -2.48. The number of aromatic nitrogens is 2. The summed E-state index contributed by atoms with van der Waals surface area (Å²) in [4.78, 5) is 40.4. The molecule has 25 heavy (non-hydrogen) atoms. The van der Waals surface area contributed by atoms with Gasteiger partial charge < -0.3 is 10.2 Å². The molecular weight excluding hydrogens is 322 g/mol. The van der Waals surface area contributed by atoms with Crippen molar-refractivity contribution >= 4 is 17.8 Å². The molecule has 1 aromatic heterocycles. The largest absolute Gasteiger partial charge is 0.339 e. The van der Waals surface area contributed by atoms with E-state index < -0.39 is 11.6 Å². The molecule has 2 saturated heterocycles. The van der Waals surface area contributed by atoms with Crippen molar-refractivity contribution in [1.29, 1.82) is 0 Å². The Morgan fingerprint density at radius 1 is 1.28 bits per heavy atom. The van der Waals surface area contributed by atoms with E-state index in [1.165, 1.54) is 0 Å². The quantitative estimate of drug-likeness (QED) is 0.825. The number of imide groups is 1. The first-order valence-electron chi connectivity index (χ1n) is 9.00. The molecule has 1 aliphatic carbocycles. The summed E-state index contributed by atoms with van der Waals surface area (Å²) in [5.74, 6) is -0.403. The van der Waals surface area contributed by atoms with Gasteiger partial charge in [-0.2, -0.15) is 5.10 Å². The molecule has 3 heterocycles. The van der Waals surface area contributed by atoms with Crippen LogP contribution in [-0.2, 0) is 9.59 Å². The number of urea groups is 1. The van der Waals surface area contributed by atoms with Crippen LogP contribution in [-0.4, -0.2) is 62.6 Å². The van der Waals surface area contributed by atoms with Gasteiger partial charge in [-0.3, -0.25) is 19.2 Å². The molecule has 1 atom stereocenters. The molecule has 1 spiro atoms. The Labute approximate surface area is 146 Å². The molecule has 0 aromatic carbocycles. The van der Waals surface area contributed by atoms with Gasteiger partial charge in [-0.05, 0) is 31.7 Å². The van der Waals surface area contributed by atoms with Gasteiger partial charge in [0.15, 0.2) is 0 Å². The van der Waals surface area contributed by atoms with Gasteiger partial charge >= 0.3 is 6.03 Å². The molecule has 4 rings (SSSR count). The van der Waals surface area contributed by atoms with Crippen molar-refractivity contribution in [3.8, 4) is 0 Å². The molecule has 1 saturated carbocycles. The highest BCUT2D eigenvalue weighted by molar-refractivity contribution is 6.09. The molecule has 0 bridgehead atoms. The van der Waals surface area contributed by atoms with Crippen molar-refractivity contribution in [2.75, 3.05) is 19.6 Å². The topological polar surface area (TPSA) is 87.5 Å². The number of nitrogens with one attached hydrogen (secondary N) is 1. The molecule has 8 nitrogen and oxygen atoms in total. The Morgan fingerprint density at radius 3 is 2.80 bits per heavy atom. The van der Waals surface area contributed by atoms with Gasteiger partial charge in [-0.1, -0.05) is 12.8 Å². The molecule has 0 unspecified atom stereocenters. The predicted octanol–water partition coefficient (Wildman–Crippen LogP) is 0.911. The van der Waals surface area contributed by atoms with E-state index >= 15 is 0 Å². The van der Waals surface area contributed by atoms with E-state index in [0.29, 0.717) is 25.9 Å². The van der Waals surface area contributed by atoms with Gasteiger partial charge in [0.2, 0.25) is 5.91 Å². The third-order valence-electron chi connectivity index (χ3n) is 5.64. The zero-order valence-electron chi connectivity index (χ0n) is 14.2. The maximum absolute atomic E-state index is 12.7. The maximum Gasteiger partial charge on any atom is 0.325 e. The minimum absolute atomic E-state index is 0.150. The zero-order valence-corrected chi connectivity index (χ0v) is 14.2. The van der Waals surface area contributed by atoms with Gasteiger partial charge in [-0.15, -0.1) is 0 Å². The van der Waals surface area contributed by atoms with Crippen LogP contribution in [0.3, 0.4) is 0 Å². The van der Waals surface area contributed by atoms with E-state index in [0.717, 1.165) is 30.6 Å². The molecule has 134 valence electrons. The zero-order chi connectivity index (χ0) is 17.4. The van der Waals surface area contributed by atoms with Crippen LogP contribution < -0.4 is 5.32 Å². The molecule has 4 amide bonds. The van der Waals surface area contributed by atoms with Crippen molar-refractivity contribution in [1.82, 2.24) is 24.9 Å². The lowest BCUT2D eigenvalue weighted by atomic mass is 9.98. The van der Waals surface area contributed by atoms with E-state index in [-0.39, 0.29) is 24.4 Å². The molecule has 3 fully saturated rings. The summed E-state index contributed by atoms with van der Waals surface area (Å²) in [5, 5.41) is 7.08. The molecule has 2 aliphatic heterocycles. The van der Waals surface area contributed by atoms with Crippen LogP contribution in [0.4, 0.5) is 4.79 Å². The summed E-state index contributed by atoms with van der Waals surface area (Å²) in [6, 6.07) is 1.59. The lowest BCUT2D eigenvalue weighted by molar-refractivity contribution is -0.139. The number of nitrogens with zero attached hydrogens (tertiary/aromatic N) is 4. The summed E-state index contributed by atoms with van der Waals surface area (Å²) >= 11 is 0. The molecule has 3 aliphatic rings. The van der Waals surface area contributed by atoms with Gasteiger partial charge in [0.25, 0.3) is 5.91 Å². The average molecular weight is 345 g/mol. The van der Waals surface area contributed by atoms with Crippen molar-refractivity contribution in [3.05, 3.63) is 18.5 Å². The number of hydrogen-bond donors (Lipinski definition) is 1. The number of likely N-dealkylation sites (tertiary alicyclic amines) is 1. The summed E-state index contributed by atoms with van der Waals surface area (Å²) in [6.07, 6.45) is 8.71. The molecule has 1 aromatic rings. The van der Waals surface area contributed by atoms with Crippen LogP contribution >= 0.6 is 0 Å². The van der Waals surface area contributed by atoms with Crippen LogP contribution in [0.1, 0.15) is 44.6 Å². The van der Waals surface area contributed by atoms with Gasteiger partial charge in [0, 0.05) is 25.5 Å². The molecular formula is C17H23N5O3. The summed E-state index contributed by atoms with van der Waals surface area (Å²) in [5.41, 5.74) is -0.753. The van der Waals surface area contributed by atoms with Crippen LogP contribution in [0.5, 0.6) is 0 Å². The molecule has 1 N–H and O–H groups in total. The highest BCUT2D eigenvalue weighted by Crippen LogP contribution is 2.35. The Morgan fingerprint density at radius 2 is 2.08 bits per heavy atom. The first kappa shape index (κ1) is 16.1. The standard InChI is InChI=1S/C17H23N5O3/c23-14(20-9-3-5-13(11-20)22-10-4-8-18-22)12-21-15(24)17(19-16(21)25)6-1-2-7-17/h4,8,10,13H,1-3,5-7,9,11-12H2,(H,19,25)/t13-/m0/s1. The van der Waals surface area contributed by atoms with Crippen molar-refractivity contribution < 1.29 is 14.4 Å². The Hall–Kier alpha value is -2.38. The van der Waals surface area contributed by atoms with Crippen molar-refractivity contribution in [3.63, 3.8) is 0 Å². The highest BCUT2D eigenvalue weighted by Gasteiger charge is 2.52. The number of carbonyl (C=O) groups excluding carboxylic acids is 3. The van der Waals surface area contributed by atoms with Crippen LogP contribution in [0.2, 0.25) is 0 Å². The van der Waals surface area contributed by atoms with E-state index in [2.05, 4.69) is 10.4 Å². The summed E-state index contributed by atoms with van der Waals surface area (Å²) in [6.45, 7) is 1.05. The number of carbonyl (C=O) groups is 3. The van der Waals surface area contributed by atoms with Gasteiger partial charge in [-0.25, -0.2) is 4.79 Å². The number of hydrogen-bond acceptors (Lipinski definition) is 4. The lowest BCUT2D eigenvalue weighted by Gasteiger charge is -2.33. The first-order valence-corrected chi connectivity index (χ1v) is 9.00. The monoisotopic (exact) mass is 345 g/mol. The number of piperidine rings is 1. The van der Waals surface area contributed by atoms with Crippen molar-refractivity contribution in [2.45, 2.75) is 50.1 Å². The van der Waals surface area contributed by atoms with E-state index in [1.807, 2.05) is 16.9 Å². The molecule has 0 radical (unpaired) electrons. The van der Waals surface area contributed by atoms with E-state index in [9.17, 15) is 14.4 Å². The Bertz CT molecular complexity index is 680. The minimum Gasteiger partial charge on any atom is -0.339 e. The number of rotatable bonds is 3. The van der Waals surface area contributed by atoms with E-state index in [4.69, 9.17) is 0 Å². The normalized spacial score (nSPS) is 25.7. The Kier molecular flexibility index (Phi) is 3.97. The second-order valence-corrected chi connectivity index (χ2v) is 7.23. The second kappa shape index (κ2) is 6.16. The third kappa shape index (κ3) is 2.79.